The molecule has 1 atom stereocenters. The zero-order chi connectivity index (χ0) is 12.4. The summed E-state index contributed by atoms with van der Waals surface area (Å²) in [6.45, 7) is 0. The van der Waals surface area contributed by atoms with Crippen LogP contribution in [0.1, 0.15) is 29.6 Å². The lowest BCUT2D eigenvalue weighted by atomic mass is 10.1. The van der Waals surface area contributed by atoms with Gasteiger partial charge in [-0.3, -0.25) is 0 Å². The third-order valence-electron chi connectivity index (χ3n) is 3.28. The highest BCUT2D eigenvalue weighted by atomic mass is 16.5. The molecule has 0 aliphatic heterocycles. The van der Waals surface area contributed by atoms with Crippen LogP contribution in [0.5, 0.6) is 0 Å². The molecule has 0 bridgehead atoms. The van der Waals surface area contributed by atoms with E-state index in [0.717, 1.165) is 30.2 Å². The number of benzene rings is 1. The zero-order valence-corrected chi connectivity index (χ0v) is 10.1. The Balaban J connectivity index is 1.85. The summed E-state index contributed by atoms with van der Waals surface area (Å²) in [6, 6.07) is 7.53. The van der Waals surface area contributed by atoms with E-state index in [-0.39, 0.29) is 12.1 Å². The number of H-pyrrole nitrogens is 1. The molecular formula is C15H15NO2. The van der Waals surface area contributed by atoms with Crippen molar-refractivity contribution in [2.75, 3.05) is 0 Å². The first-order valence-corrected chi connectivity index (χ1v) is 6.28. The average Bonchev–Trinajstić information content (AvgIpc) is 2.87. The number of fused-ring (bicyclic) bond motifs is 1. The van der Waals surface area contributed by atoms with Gasteiger partial charge in [0.05, 0.1) is 5.56 Å². The second-order valence-corrected chi connectivity index (χ2v) is 4.55. The van der Waals surface area contributed by atoms with Gasteiger partial charge in [0.15, 0.2) is 0 Å². The van der Waals surface area contributed by atoms with Crippen LogP contribution in [0, 0.1) is 0 Å². The number of hydrogen-bond donors (Lipinski definition) is 1. The van der Waals surface area contributed by atoms with Crippen molar-refractivity contribution in [2.24, 2.45) is 0 Å². The lowest BCUT2D eigenvalue weighted by molar-refractivity contribution is 0.0372. The highest BCUT2D eigenvalue weighted by Gasteiger charge is 2.17. The maximum Gasteiger partial charge on any atom is 0.339 e. The van der Waals surface area contributed by atoms with Crippen LogP contribution in [0.2, 0.25) is 0 Å². The van der Waals surface area contributed by atoms with Crippen molar-refractivity contribution >= 4 is 16.9 Å². The maximum absolute atomic E-state index is 12.2. The van der Waals surface area contributed by atoms with E-state index in [4.69, 9.17) is 4.74 Å². The van der Waals surface area contributed by atoms with E-state index in [2.05, 4.69) is 11.1 Å². The Hall–Kier alpha value is -2.03. The molecule has 1 aromatic carbocycles. The Morgan fingerprint density at radius 2 is 2.28 bits per heavy atom. The van der Waals surface area contributed by atoms with E-state index in [1.165, 1.54) is 0 Å². The molecule has 0 saturated heterocycles. The van der Waals surface area contributed by atoms with Crippen molar-refractivity contribution in [3.8, 4) is 0 Å². The van der Waals surface area contributed by atoms with Crippen molar-refractivity contribution in [1.29, 1.82) is 0 Å². The predicted molar refractivity (Wildman–Crippen MR) is 70.5 cm³/mol. The molecule has 1 aliphatic carbocycles. The van der Waals surface area contributed by atoms with E-state index in [9.17, 15) is 4.79 Å². The summed E-state index contributed by atoms with van der Waals surface area (Å²) in [4.78, 5) is 15.3. The van der Waals surface area contributed by atoms with Gasteiger partial charge in [0.1, 0.15) is 6.10 Å². The van der Waals surface area contributed by atoms with Crippen molar-refractivity contribution in [3.63, 3.8) is 0 Å². The molecule has 0 radical (unpaired) electrons. The van der Waals surface area contributed by atoms with Crippen molar-refractivity contribution in [2.45, 2.75) is 25.4 Å². The first-order chi connectivity index (χ1) is 8.84. The largest absolute Gasteiger partial charge is 0.455 e. The Morgan fingerprint density at radius 3 is 3.11 bits per heavy atom. The number of ether oxygens (including phenoxy) is 1. The van der Waals surface area contributed by atoms with Crippen LogP contribution in [-0.4, -0.2) is 17.1 Å². The zero-order valence-electron chi connectivity index (χ0n) is 10.1. The number of carbonyl (C=O) groups excluding carboxylic acids is 1. The fourth-order valence-electron chi connectivity index (χ4n) is 2.34. The van der Waals surface area contributed by atoms with Gasteiger partial charge < -0.3 is 9.72 Å². The van der Waals surface area contributed by atoms with Gasteiger partial charge in [-0.2, -0.15) is 0 Å². The quantitative estimate of drug-likeness (QED) is 0.646. The Labute approximate surface area is 105 Å². The molecule has 18 heavy (non-hydrogen) atoms. The molecule has 1 unspecified atom stereocenters. The average molecular weight is 241 g/mol. The number of nitrogens with one attached hydrogen (secondary N) is 1. The van der Waals surface area contributed by atoms with E-state index in [0.29, 0.717) is 5.56 Å². The first-order valence-electron chi connectivity index (χ1n) is 6.28. The molecule has 0 fully saturated rings. The minimum absolute atomic E-state index is 0.0690. The molecule has 0 spiro atoms. The van der Waals surface area contributed by atoms with Crippen LogP contribution >= 0.6 is 0 Å². The molecule has 0 amide bonds. The smallest absolute Gasteiger partial charge is 0.339 e. The molecule has 0 saturated carbocycles. The fourth-order valence-corrected chi connectivity index (χ4v) is 2.34. The summed E-state index contributed by atoms with van der Waals surface area (Å²) >= 11 is 0. The van der Waals surface area contributed by atoms with Gasteiger partial charge in [0.2, 0.25) is 0 Å². The fraction of sp³-hybridized carbons (Fsp3) is 0.267. The van der Waals surface area contributed by atoms with E-state index in [1.54, 1.807) is 0 Å². The molecule has 3 rings (SSSR count). The molecule has 3 nitrogen and oxygen atoms in total. The molecule has 92 valence electrons. The highest BCUT2D eigenvalue weighted by Crippen LogP contribution is 2.20. The normalized spacial score (nSPS) is 19.0. The summed E-state index contributed by atoms with van der Waals surface area (Å²) in [6.07, 6.45) is 8.93. The third-order valence-corrected chi connectivity index (χ3v) is 3.28. The van der Waals surface area contributed by atoms with Gasteiger partial charge in [-0.05, 0) is 43.5 Å². The molecule has 1 N–H and O–H groups in total. The highest BCUT2D eigenvalue weighted by molar-refractivity contribution is 6.03. The van der Waals surface area contributed by atoms with Crippen LogP contribution in [0.3, 0.4) is 0 Å². The molecular weight excluding hydrogens is 226 g/mol. The molecule has 1 heterocycles. The van der Waals surface area contributed by atoms with Crippen molar-refractivity contribution in [1.82, 2.24) is 4.98 Å². The van der Waals surface area contributed by atoms with Crippen LogP contribution in [0.25, 0.3) is 10.9 Å². The molecule has 2 aromatic rings. The molecule has 3 heteroatoms. The molecule has 1 aliphatic rings. The maximum atomic E-state index is 12.2. The summed E-state index contributed by atoms with van der Waals surface area (Å²) in [5.41, 5.74) is 1.59. The Morgan fingerprint density at radius 1 is 1.33 bits per heavy atom. The number of allylic oxidation sites excluding steroid dienone is 1. The summed E-state index contributed by atoms with van der Waals surface area (Å²) in [5.74, 6) is -0.239. The summed E-state index contributed by atoms with van der Waals surface area (Å²) in [7, 11) is 0. The minimum Gasteiger partial charge on any atom is -0.455 e. The van der Waals surface area contributed by atoms with Gasteiger partial charge in [-0.1, -0.05) is 12.1 Å². The van der Waals surface area contributed by atoms with Gasteiger partial charge in [0.25, 0.3) is 0 Å². The van der Waals surface area contributed by atoms with Gasteiger partial charge in [-0.25, -0.2) is 4.79 Å². The monoisotopic (exact) mass is 241 g/mol. The van der Waals surface area contributed by atoms with Crippen molar-refractivity contribution in [3.05, 3.63) is 48.2 Å². The number of rotatable bonds is 2. The van der Waals surface area contributed by atoms with Gasteiger partial charge in [0, 0.05) is 17.1 Å². The Kier molecular flexibility index (Phi) is 2.89. The van der Waals surface area contributed by atoms with Crippen LogP contribution in [0.15, 0.2) is 42.6 Å². The summed E-state index contributed by atoms with van der Waals surface area (Å²) in [5, 5.41) is 0.919. The first kappa shape index (κ1) is 11.1. The SMILES string of the molecule is O=C(OC1C=CCCC1)c1cccc2[nH]ccc12. The number of aromatic amines is 1. The second-order valence-electron chi connectivity index (χ2n) is 4.55. The van der Waals surface area contributed by atoms with Gasteiger partial charge >= 0.3 is 5.97 Å². The van der Waals surface area contributed by atoms with Crippen LogP contribution in [-0.2, 0) is 4.74 Å². The standard InChI is InChI=1S/C15H15NO2/c17-15(18-11-5-2-1-3-6-11)13-7-4-8-14-12(13)9-10-16-14/h2,4-5,7-11,16H,1,3,6H2. The number of carbonyl (C=O) groups is 1. The van der Waals surface area contributed by atoms with E-state index in [1.807, 2.05) is 36.5 Å². The van der Waals surface area contributed by atoms with E-state index < -0.39 is 0 Å². The lowest BCUT2D eigenvalue weighted by Gasteiger charge is -2.17. The Bertz CT molecular complexity index is 597. The predicted octanol–water partition coefficient (Wildman–Crippen LogP) is 3.43. The van der Waals surface area contributed by atoms with Crippen LogP contribution in [0.4, 0.5) is 0 Å². The second kappa shape index (κ2) is 4.69. The molecule has 1 aromatic heterocycles. The number of esters is 1. The van der Waals surface area contributed by atoms with Gasteiger partial charge in [-0.15, -0.1) is 0 Å². The van der Waals surface area contributed by atoms with Crippen molar-refractivity contribution < 1.29 is 9.53 Å². The lowest BCUT2D eigenvalue weighted by Crippen LogP contribution is -2.18. The summed E-state index contributed by atoms with van der Waals surface area (Å²) < 4.78 is 5.52. The minimum atomic E-state index is -0.239. The third kappa shape index (κ3) is 2.04. The van der Waals surface area contributed by atoms with Crippen LogP contribution < -0.4 is 0 Å². The van der Waals surface area contributed by atoms with E-state index >= 15 is 0 Å². The number of hydrogen-bond acceptors (Lipinski definition) is 2. The number of aromatic nitrogens is 1. The topological polar surface area (TPSA) is 42.1 Å².